The average Bonchev–Trinajstić information content (AvgIpc) is 4.05. The van der Waals surface area contributed by atoms with Gasteiger partial charge in [-0.3, -0.25) is 9.59 Å². The van der Waals surface area contributed by atoms with Crippen molar-refractivity contribution >= 4 is 35.6 Å². The summed E-state index contributed by atoms with van der Waals surface area (Å²) in [6, 6.07) is 0. The molecule has 2 aliphatic heterocycles. The van der Waals surface area contributed by atoms with Crippen LogP contribution >= 0.6 is 0 Å². The Morgan fingerprint density at radius 3 is 2.39 bits per heavy atom. The van der Waals surface area contributed by atoms with Crippen molar-refractivity contribution in [3.05, 3.63) is 45.1 Å². The molecule has 14 nitrogen and oxygen atoms in total. The molecule has 2 bridgehead atoms. The fourth-order valence-electron chi connectivity index (χ4n) is 12.7. The Hall–Kier alpha value is -4.14. The summed E-state index contributed by atoms with van der Waals surface area (Å²) in [5, 5.41) is 35.0. The zero-order valence-corrected chi connectivity index (χ0v) is 30.8. The van der Waals surface area contributed by atoms with Crippen LogP contribution in [0.15, 0.2) is 45.1 Å². The number of hydrogen-bond acceptors (Lipinski definition) is 14. The van der Waals surface area contributed by atoms with Crippen molar-refractivity contribution in [2.75, 3.05) is 26.9 Å². The Morgan fingerprint density at radius 1 is 0.926 bits per heavy atom. The molecule has 0 amide bonds. The van der Waals surface area contributed by atoms with Gasteiger partial charge in [0.1, 0.15) is 37.1 Å². The standard InChI is InChI=1S/C40H44O14/c1-15-6-27(42)53-14-39(49)23-9-22(23)37(3)25(39)10-21-19(13-51-28(43)11-24(41)36(48)52-12-15)35(47)54-40(21)26(37)8-18-17-7-20(17)38(4)30(18)31(40)29(32(44)33(38)45)16(2)34(46)50-5/h6,17,20,22-26,31,33,41,45,49H,7-14H2,1-5H3/b15-6+,29-16-/t17-,20-,22-,23+,24+,25+,26+,31+,33+,37+,38+,39+,40+/m1/s1. The second-order valence-corrected chi connectivity index (χ2v) is 17.4. The van der Waals surface area contributed by atoms with Crippen LogP contribution in [0.5, 0.6) is 0 Å². The van der Waals surface area contributed by atoms with Crippen molar-refractivity contribution in [1.82, 2.24) is 0 Å². The van der Waals surface area contributed by atoms with E-state index in [-0.39, 0.29) is 60.0 Å². The minimum absolute atomic E-state index is 0.00499. The normalized spacial score (nSPS) is 48.0. The second-order valence-electron chi connectivity index (χ2n) is 17.4. The number of carbonyl (C=O) groups excluding carboxylic acids is 6. The Kier molecular flexibility index (Phi) is 7.39. The van der Waals surface area contributed by atoms with Gasteiger partial charge in [-0.15, -0.1) is 0 Å². The number of cyclic esters (lactones) is 3. The Bertz CT molecular complexity index is 2000. The number of Topliss-reactive ketones (excluding diaryl/α,β-unsaturated/α-hetero) is 1. The maximum atomic E-state index is 14.6. The molecule has 0 saturated heterocycles. The van der Waals surface area contributed by atoms with E-state index in [2.05, 4.69) is 6.92 Å². The molecule has 9 aliphatic rings. The molecular formula is C40H44O14. The first-order valence-electron chi connectivity index (χ1n) is 18.7. The van der Waals surface area contributed by atoms with Crippen molar-refractivity contribution in [3.63, 3.8) is 0 Å². The number of aliphatic hydroxyl groups is 3. The van der Waals surface area contributed by atoms with E-state index in [4.69, 9.17) is 23.7 Å². The molecule has 5 fully saturated rings. The molecule has 0 radical (unpaired) electrons. The minimum atomic E-state index is -1.89. The largest absolute Gasteiger partial charge is 0.466 e. The summed E-state index contributed by atoms with van der Waals surface area (Å²) in [6.07, 6.45) is -1.07. The topological polar surface area (TPSA) is 209 Å². The molecule has 2 heterocycles. The number of rotatable bonds is 1. The first-order chi connectivity index (χ1) is 25.5. The molecule has 7 aliphatic carbocycles. The van der Waals surface area contributed by atoms with E-state index in [1.165, 1.54) is 21.0 Å². The van der Waals surface area contributed by atoms with Gasteiger partial charge in [-0.2, -0.15) is 0 Å². The highest BCUT2D eigenvalue weighted by Crippen LogP contribution is 2.83. The number of esters is 5. The lowest BCUT2D eigenvalue weighted by Crippen LogP contribution is -2.67. The van der Waals surface area contributed by atoms with Crippen molar-refractivity contribution in [1.29, 1.82) is 0 Å². The number of ether oxygens (including phenoxy) is 5. The van der Waals surface area contributed by atoms with Crippen LogP contribution in [0.3, 0.4) is 0 Å². The highest BCUT2D eigenvalue weighted by Gasteiger charge is 2.84. The van der Waals surface area contributed by atoms with Crippen molar-refractivity contribution in [2.45, 2.75) is 83.2 Å². The first-order valence-corrected chi connectivity index (χ1v) is 18.7. The zero-order chi connectivity index (χ0) is 38.6. The van der Waals surface area contributed by atoms with E-state index in [1.807, 2.05) is 6.92 Å². The molecular weight excluding hydrogens is 704 g/mol. The zero-order valence-electron chi connectivity index (χ0n) is 30.8. The molecule has 14 heteroatoms. The highest BCUT2D eigenvalue weighted by molar-refractivity contribution is 6.09. The summed E-state index contributed by atoms with van der Waals surface area (Å²) >= 11 is 0. The smallest absolute Gasteiger partial charge is 0.338 e. The lowest BCUT2D eigenvalue weighted by Gasteiger charge is -2.63. The summed E-state index contributed by atoms with van der Waals surface area (Å²) in [5.41, 5.74) is -2.21. The number of carbonyl (C=O) groups is 6. The van der Waals surface area contributed by atoms with E-state index in [1.54, 1.807) is 0 Å². The highest BCUT2D eigenvalue weighted by atomic mass is 16.6. The van der Waals surface area contributed by atoms with Crippen LogP contribution in [0.1, 0.15) is 59.8 Å². The molecule has 0 aromatic heterocycles. The molecule has 13 atom stereocenters. The molecule has 0 aromatic rings. The number of allylic oxidation sites excluding steroid dienone is 1. The van der Waals surface area contributed by atoms with Crippen molar-refractivity contribution in [2.24, 2.45) is 52.3 Å². The molecule has 9 rings (SSSR count). The van der Waals surface area contributed by atoms with Crippen LogP contribution in [-0.2, 0) is 52.5 Å². The van der Waals surface area contributed by atoms with Crippen LogP contribution in [0.4, 0.5) is 0 Å². The Balaban J connectivity index is 1.26. The first kappa shape index (κ1) is 35.6. The minimum Gasteiger partial charge on any atom is -0.466 e. The monoisotopic (exact) mass is 748 g/mol. The molecule has 1 spiro atoms. The SMILES string of the molecule is COC(=O)/C(C)=C1\C(=O)[C@H](O)[C@]2(C)C3=C(C[C@@H]4[C@]5(OC(=O)C6=C5C[C@@H]5[C@](O)(COC(=O)/C=C(\C)COC(=O)[C@@H](O)CC(=O)OC6)[C@H]6C[C@H]6[C@@]54C)[C@H]31)[C@H]1C[C@H]12. The van der Waals surface area contributed by atoms with Gasteiger partial charge in [-0.05, 0) is 85.3 Å². The number of aliphatic hydroxyl groups excluding tert-OH is 2. The van der Waals surface area contributed by atoms with Crippen molar-refractivity contribution < 1.29 is 67.8 Å². The Labute approximate surface area is 310 Å². The van der Waals surface area contributed by atoms with Crippen LogP contribution in [-0.4, -0.2) is 101 Å². The van der Waals surface area contributed by atoms with E-state index in [0.717, 1.165) is 23.6 Å². The van der Waals surface area contributed by atoms with Gasteiger partial charge in [-0.1, -0.05) is 19.4 Å². The summed E-state index contributed by atoms with van der Waals surface area (Å²) < 4.78 is 28.1. The summed E-state index contributed by atoms with van der Waals surface area (Å²) in [6.45, 7) is 5.67. The summed E-state index contributed by atoms with van der Waals surface area (Å²) in [7, 11) is 1.20. The van der Waals surface area contributed by atoms with Crippen LogP contribution in [0.2, 0.25) is 0 Å². The fourth-order valence-corrected chi connectivity index (χ4v) is 12.7. The predicted octanol–water partition coefficient (Wildman–Crippen LogP) is 1.35. The fraction of sp³-hybridized carbons (Fsp3) is 0.650. The van der Waals surface area contributed by atoms with E-state index in [0.29, 0.717) is 24.0 Å². The van der Waals surface area contributed by atoms with Crippen LogP contribution in [0, 0.1) is 52.3 Å². The molecule has 3 N–H and O–H groups in total. The van der Waals surface area contributed by atoms with Gasteiger partial charge in [0.2, 0.25) is 0 Å². The maximum absolute atomic E-state index is 14.6. The lowest BCUT2D eigenvalue weighted by atomic mass is 9.42. The second kappa shape index (κ2) is 11.2. The number of ketones is 1. The third-order valence-corrected chi connectivity index (χ3v) is 15.2. The van der Waals surface area contributed by atoms with Gasteiger partial charge in [0.15, 0.2) is 11.9 Å². The van der Waals surface area contributed by atoms with E-state index >= 15 is 0 Å². The Morgan fingerprint density at radius 2 is 1.67 bits per heavy atom. The predicted molar refractivity (Wildman–Crippen MR) is 180 cm³/mol. The third kappa shape index (κ3) is 4.27. The van der Waals surface area contributed by atoms with Crippen LogP contribution in [0.25, 0.3) is 0 Å². The van der Waals surface area contributed by atoms with Gasteiger partial charge in [-0.25, -0.2) is 19.2 Å². The number of fused-ring (bicyclic) bond motifs is 7. The quantitative estimate of drug-likeness (QED) is 0.150. The summed E-state index contributed by atoms with van der Waals surface area (Å²) in [4.78, 5) is 80.9. The number of hydrogen-bond donors (Lipinski definition) is 3. The van der Waals surface area contributed by atoms with Crippen molar-refractivity contribution in [3.8, 4) is 0 Å². The molecule has 0 unspecified atom stereocenters. The van der Waals surface area contributed by atoms with Gasteiger partial charge < -0.3 is 39.0 Å². The van der Waals surface area contributed by atoms with E-state index < -0.39 is 101 Å². The molecule has 54 heavy (non-hydrogen) atoms. The third-order valence-electron chi connectivity index (χ3n) is 15.2. The van der Waals surface area contributed by atoms with Gasteiger partial charge >= 0.3 is 29.8 Å². The van der Waals surface area contributed by atoms with Gasteiger partial charge in [0, 0.05) is 34.5 Å². The maximum Gasteiger partial charge on any atom is 0.338 e. The van der Waals surface area contributed by atoms with Crippen LogP contribution < -0.4 is 0 Å². The van der Waals surface area contributed by atoms with Gasteiger partial charge in [0.25, 0.3) is 0 Å². The lowest BCUT2D eigenvalue weighted by molar-refractivity contribution is -0.191. The van der Waals surface area contributed by atoms with Gasteiger partial charge in [0.05, 0.1) is 25.0 Å². The molecule has 0 aromatic carbocycles. The summed E-state index contributed by atoms with van der Waals surface area (Å²) in [5.74, 6) is -7.42. The molecule has 5 saturated carbocycles. The average molecular weight is 749 g/mol. The van der Waals surface area contributed by atoms with E-state index in [9.17, 15) is 44.1 Å². The number of methoxy groups -OCH3 is 1. The molecule has 288 valence electrons.